The van der Waals surface area contributed by atoms with Crippen LogP contribution >= 0.6 is 0 Å². The Bertz CT molecular complexity index is 141. The van der Waals surface area contributed by atoms with E-state index in [1.54, 1.807) is 0 Å². The summed E-state index contributed by atoms with van der Waals surface area (Å²) in [6.07, 6.45) is 9.60. The third-order valence-electron chi connectivity index (χ3n) is 3.49. The molecule has 1 unspecified atom stereocenters. The molecule has 0 bridgehead atoms. The van der Waals surface area contributed by atoms with E-state index in [4.69, 9.17) is 4.74 Å². The van der Waals surface area contributed by atoms with Crippen LogP contribution in [0.3, 0.4) is 0 Å². The second-order valence-corrected chi connectivity index (χ2v) is 4.72. The summed E-state index contributed by atoms with van der Waals surface area (Å²) in [7, 11) is 2.07. The highest BCUT2D eigenvalue weighted by atomic mass is 16.5. The van der Waals surface area contributed by atoms with Gasteiger partial charge in [-0.25, -0.2) is 0 Å². The topological polar surface area (TPSA) is 21.3 Å². The molecule has 0 radical (unpaired) electrons. The molecule has 0 aromatic heterocycles. The van der Waals surface area contributed by atoms with Gasteiger partial charge in [0.25, 0.3) is 0 Å². The van der Waals surface area contributed by atoms with Gasteiger partial charge in [-0.2, -0.15) is 0 Å². The Balaban J connectivity index is 2.27. The lowest BCUT2D eigenvalue weighted by Crippen LogP contribution is -2.37. The van der Waals surface area contributed by atoms with Crippen molar-refractivity contribution in [1.29, 1.82) is 0 Å². The molecule has 1 fully saturated rings. The zero-order valence-electron chi connectivity index (χ0n) is 10.4. The maximum absolute atomic E-state index is 5.67. The van der Waals surface area contributed by atoms with Crippen molar-refractivity contribution in [3.63, 3.8) is 0 Å². The van der Waals surface area contributed by atoms with E-state index < -0.39 is 0 Å². The fourth-order valence-corrected chi connectivity index (χ4v) is 2.52. The van der Waals surface area contributed by atoms with Gasteiger partial charge in [0.15, 0.2) is 0 Å². The van der Waals surface area contributed by atoms with Gasteiger partial charge in [-0.1, -0.05) is 32.6 Å². The molecule has 1 N–H and O–H groups in total. The first-order valence-corrected chi connectivity index (χ1v) is 6.63. The Morgan fingerprint density at radius 3 is 2.40 bits per heavy atom. The minimum Gasteiger partial charge on any atom is -0.380 e. The zero-order valence-corrected chi connectivity index (χ0v) is 10.4. The smallest absolute Gasteiger partial charge is 0.0622 e. The van der Waals surface area contributed by atoms with E-state index in [0.29, 0.717) is 6.04 Å². The fourth-order valence-electron chi connectivity index (χ4n) is 2.52. The van der Waals surface area contributed by atoms with Gasteiger partial charge in [-0.15, -0.1) is 0 Å². The first kappa shape index (κ1) is 13.0. The lowest BCUT2D eigenvalue weighted by Gasteiger charge is -2.25. The van der Waals surface area contributed by atoms with Crippen molar-refractivity contribution >= 4 is 0 Å². The Hall–Kier alpha value is -0.0800. The van der Waals surface area contributed by atoms with Gasteiger partial charge in [-0.3, -0.25) is 0 Å². The van der Waals surface area contributed by atoms with Crippen molar-refractivity contribution in [2.75, 3.05) is 20.3 Å². The first-order chi connectivity index (χ1) is 7.38. The first-order valence-electron chi connectivity index (χ1n) is 6.63. The summed E-state index contributed by atoms with van der Waals surface area (Å²) >= 11 is 0. The van der Waals surface area contributed by atoms with Crippen LogP contribution in [0.25, 0.3) is 0 Å². The van der Waals surface area contributed by atoms with E-state index in [2.05, 4.69) is 19.3 Å². The molecule has 0 heterocycles. The summed E-state index contributed by atoms with van der Waals surface area (Å²) in [6, 6.07) is 0.578. The number of hydrogen-bond donors (Lipinski definition) is 1. The van der Waals surface area contributed by atoms with Crippen LogP contribution in [0.5, 0.6) is 0 Å². The minimum atomic E-state index is 0.578. The van der Waals surface area contributed by atoms with Crippen LogP contribution in [0.2, 0.25) is 0 Å². The highest BCUT2D eigenvalue weighted by Gasteiger charge is 2.21. The Morgan fingerprint density at radius 2 is 1.87 bits per heavy atom. The largest absolute Gasteiger partial charge is 0.380 e. The Labute approximate surface area is 94.8 Å². The molecule has 0 aromatic rings. The van der Waals surface area contributed by atoms with E-state index in [1.165, 1.54) is 38.5 Å². The standard InChI is InChI=1S/C13H27NO/c1-3-10-15-11-13(14-2)12-8-6-4-5-7-9-12/h12-14H,3-11H2,1-2H3. The number of nitrogens with one attached hydrogen (secondary N) is 1. The molecular weight excluding hydrogens is 186 g/mol. The summed E-state index contributed by atoms with van der Waals surface area (Å²) in [6.45, 7) is 3.97. The molecule has 90 valence electrons. The van der Waals surface area contributed by atoms with Crippen LogP contribution in [0, 0.1) is 5.92 Å². The van der Waals surface area contributed by atoms with Gasteiger partial charge in [0.1, 0.15) is 0 Å². The quantitative estimate of drug-likeness (QED) is 0.541. The second-order valence-electron chi connectivity index (χ2n) is 4.72. The van der Waals surface area contributed by atoms with Crippen LogP contribution in [0.1, 0.15) is 51.9 Å². The van der Waals surface area contributed by atoms with Crippen LogP contribution in [0.15, 0.2) is 0 Å². The van der Waals surface area contributed by atoms with Gasteiger partial charge in [0, 0.05) is 12.6 Å². The predicted molar refractivity (Wildman–Crippen MR) is 65.1 cm³/mol. The zero-order chi connectivity index (χ0) is 10.9. The number of rotatable bonds is 6. The molecule has 0 aliphatic heterocycles. The van der Waals surface area contributed by atoms with Gasteiger partial charge >= 0.3 is 0 Å². The molecule has 1 aliphatic rings. The lowest BCUT2D eigenvalue weighted by molar-refractivity contribution is 0.0926. The van der Waals surface area contributed by atoms with E-state index in [-0.39, 0.29) is 0 Å². The van der Waals surface area contributed by atoms with Gasteiger partial charge in [0.05, 0.1) is 6.61 Å². The van der Waals surface area contributed by atoms with Crippen LogP contribution in [0.4, 0.5) is 0 Å². The third kappa shape index (κ3) is 4.98. The molecule has 15 heavy (non-hydrogen) atoms. The Morgan fingerprint density at radius 1 is 1.20 bits per heavy atom. The molecule has 2 nitrogen and oxygen atoms in total. The van der Waals surface area contributed by atoms with Crippen molar-refractivity contribution in [2.24, 2.45) is 5.92 Å². The summed E-state index contributed by atoms with van der Waals surface area (Å²) in [4.78, 5) is 0. The maximum atomic E-state index is 5.67. The second kappa shape index (κ2) is 8.12. The molecule has 1 atom stereocenters. The highest BCUT2D eigenvalue weighted by Crippen LogP contribution is 2.25. The fraction of sp³-hybridized carbons (Fsp3) is 1.00. The normalized spacial score (nSPS) is 21.2. The summed E-state index contributed by atoms with van der Waals surface area (Å²) in [5, 5.41) is 3.43. The van der Waals surface area contributed by atoms with Gasteiger partial charge in [0.2, 0.25) is 0 Å². The van der Waals surface area contributed by atoms with E-state index in [9.17, 15) is 0 Å². The van der Waals surface area contributed by atoms with Crippen molar-refractivity contribution < 1.29 is 4.74 Å². The number of hydrogen-bond acceptors (Lipinski definition) is 2. The van der Waals surface area contributed by atoms with E-state index in [0.717, 1.165) is 25.6 Å². The molecular formula is C13H27NO. The van der Waals surface area contributed by atoms with Crippen LogP contribution in [-0.4, -0.2) is 26.3 Å². The number of likely N-dealkylation sites (N-methyl/N-ethyl adjacent to an activating group) is 1. The SMILES string of the molecule is CCCOCC(NC)C1CCCCCC1. The average molecular weight is 213 g/mol. The third-order valence-corrected chi connectivity index (χ3v) is 3.49. The Kier molecular flexibility index (Phi) is 7.03. The van der Waals surface area contributed by atoms with Gasteiger partial charge in [-0.05, 0) is 32.2 Å². The average Bonchev–Trinajstić information content (AvgIpc) is 2.53. The van der Waals surface area contributed by atoms with E-state index in [1.807, 2.05) is 0 Å². The summed E-state index contributed by atoms with van der Waals surface area (Å²) < 4.78 is 5.67. The maximum Gasteiger partial charge on any atom is 0.0622 e. The van der Waals surface area contributed by atoms with E-state index >= 15 is 0 Å². The highest BCUT2D eigenvalue weighted by molar-refractivity contribution is 4.77. The van der Waals surface area contributed by atoms with Crippen LogP contribution < -0.4 is 5.32 Å². The summed E-state index contributed by atoms with van der Waals surface area (Å²) in [5.41, 5.74) is 0. The van der Waals surface area contributed by atoms with Crippen molar-refractivity contribution in [3.05, 3.63) is 0 Å². The summed E-state index contributed by atoms with van der Waals surface area (Å²) in [5.74, 6) is 0.842. The van der Waals surface area contributed by atoms with Crippen molar-refractivity contribution in [1.82, 2.24) is 5.32 Å². The van der Waals surface area contributed by atoms with Crippen LogP contribution in [-0.2, 0) is 4.74 Å². The van der Waals surface area contributed by atoms with Gasteiger partial charge < -0.3 is 10.1 Å². The lowest BCUT2D eigenvalue weighted by atomic mass is 9.92. The molecule has 0 spiro atoms. The molecule has 1 rings (SSSR count). The monoisotopic (exact) mass is 213 g/mol. The molecule has 1 saturated carbocycles. The van der Waals surface area contributed by atoms with Crippen molar-refractivity contribution in [3.8, 4) is 0 Å². The number of ether oxygens (including phenoxy) is 1. The predicted octanol–water partition coefficient (Wildman–Crippen LogP) is 2.97. The molecule has 0 saturated heterocycles. The molecule has 1 aliphatic carbocycles. The van der Waals surface area contributed by atoms with Crippen molar-refractivity contribution in [2.45, 2.75) is 57.9 Å². The minimum absolute atomic E-state index is 0.578. The molecule has 0 amide bonds. The molecule has 2 heteroatoms. The molecule has 0 aromatic carbocycles.